The van der Waals surface area contributed by atoms with E-state index in [0.29, 0.717) is 22.6 Å². The molecule has 5 heteroatoms. The predicted molar refractivity (Wildman–Crippen MR) is 112 cm³/mol. The molecule has 0 atom stereocenters. The molecule has 2 rings (SSSR count). The van der Waals surface area contributed by atoms with Crippen molar-refractivity contribution in [3.8, 4) is 5.75 Å². The topological polar surface area (TPSA) is 54.4 Å². The van der Waals surface area contributed by atoms with E-state index in [0.717, 1.165) is 22.3 Å². The molecule has 0 spiro atoms. The summed E-state index contributed by atoms with van der Waals surface area (Å²) in [7, 11) is 0. The van der Waals surface area contributed by atoms with Crippen molar-refractivity contribution in [2.24, 2.45) is 0 Å². The summed E-state index contributed by atoms with van der Waals surface area (Å²) < 4.78 is 0. The lowest BCUT2D eigenvalue weighted by molar-refractivity contribution is 0.107. The van der Waals surface area contributed by atoms with Crippen molar-refractivity contribution in [2.45, 2.75) is 45.8 Å². The van der Waals surface area contributed by atoms with Crippen LogP contribution in [0.15, 0.2) is 30.3 Å². The van der Waals surface area contributed by atoms with Gasteiger partial charge in [-0.05, 0) is 65.8 Å². The standard InChI is InChI=1S/C21H24O3S2/c1-12-10-17(21(3,4)5)18(22)13(2)16(12)11-26-20(24)15-8-6-14(7-9-15)19(23)25/h6-10,22H,11H2,1-5H3,(H,23,25). The number of hydrogen-bond donors (Lipinski definition) is 2. The van der Waals surface area contributed by atoms with Gasteiger partial charge in [0.25, 0.3) is 0 Å². The summed E-state index contributed by atoms with van der Waals surface area (Å²) in [5.41, 5.74) is 4.65. The molecule has 0 fully saturated rings. The first-order valence-corrected chi connectivity index (χ1v) is 9.78. The van der Waals surface area contributed by atoms with Crippen molar-refractivity contribution in [3.05, 3.63) is 63.7 Å². The lowest BCUT2D eigenvalue weighted by atomic mass is 9.83. The zero-order valence-corrected chi connectivity index (χ0v) is 17.4. The van der Waals surface area contributed by atoms with E-state index in [-0.39, 0.29) is 15.6 Å². The van der Waals surface area contributed by atoms with Crippen LogP contribution in [0.4, 0.5) is 0 Å². The highest BCUT2D eigenvalue weighted by Crippen LogP contribution is 2.37. The average molecular weight is 389 g/mol. The lowest BCUT2D eigenvalue weighted by Crippen LogP contribution is -2.13. The fourth-order valence-corrected chi connectivity index (χ4v) is 3.95. The second-order valence-corrected chi connectivity index (χ2v) is 8.76. The number of phenolic OH excluding ortho intramolecular Hbond substituents is 1. The van der Waals surface area contributed by atoms with Crippen LogP contribution in [0.1, 0.15) is 63.7 Å². The van der Waals surface area contributed by atoms with Crippen LogP contribution in [0.5, 0.6) is 5.75 Å². The van der Waals surface area contributed by atoms with Gasteiger partial charge in [0, 0.05) is 16.9 Å². The van der Waals surface area contributed by atoms with Crippen LogP contribution in [0.2, 0.25) is 0 Å². The summed E-state index contributed by atoms with van der Waals surface area (Å²) in [6.07, 6.45) is 0. The molecule has 0 amide bonds. The highest BCUT2D eigenvalue weighted by Gasteiger charge is 2.22. The van der Waals surface area contributed by atoms with E-state index < -0.39 is 0 Å². The number of carbonyl (C=O) groups is 2. The molecule has 0 aliphatic rings. The Morgan fingerprint density at radius 3 is 2.12 bits per heavy atom. The van der Waals surface area contributed by atoms with E-state index in [1.54, 1.807) is 24.3 Å². The smallest absolute Gasteiger partial charge is 0.219 e. The Hall–Kier alpha value is -1.72. The Morgan fingerprint density at radius 1 is 1.08 bits per heavy atom. The van der Waals surface area contributed by atoms with Gasteiger partial charge in [0.2, 0.25) is 10.2 Å². The molecule has 138 valence electrons. The van der Waals surface area contributed by atoms with Gasteiger partial charge in [0.05, 0.1) is 0 Å². The monoisotopic (exact) mass is 388 g/mol. The van der Waals surface area contributed by atoms with Crippen LogP contribution >= 0.6 is 24.4 Å². The Labute approximate surface area is 164 Å². The van der Waals surface area contributed by atoms with Crippen molar-refractivity contribution >= 4 is 34.6 Å². The number of phenols is 1. The number of hydrogen-bond acceptors (Lipinski definition) is 4. The maximum absolute atomic E-state index is 12.4. The molecule has 0 heterocycles. The van der Waals surface area contributed by atoms with E-state index >= 15 is 0 Å². The van der Waals surface area contributed by atoms with Gasteiger partial charge in [-0.25, -0.2) is 0 Å². The first-order valence-electron chi connectivity index (χ1n) is 8.35. The normalized spacial score (nSPS) is 11.5. The van der Waals surface area contributed by atoms with Crippen LogP contribution in [0.25, 0.3) is 0 Å². The largest absolute Gasteiger partial charge is 0.507 e. The molecule has 0 radical (unpaired) electrons. The zero-order valence-electron chi connectivity index (χ0n) is 15.7. The van der Waals surface area contributed by atoms with Crippen molar-refractivity contribution < 1.29 is 14.7 Å². The number of carbonyl (C=O) groups excluding carboxylic acids is 2. The Kier molecular flexibility index (Phi) is 6.25. The first kappa shape index (κ1) is 20.6. The van der Waals surface area contributed by atoms with E-state index in [4.69, 9.17) is 0 Å². The van der Waals surface area contributed by atoms with Crippen molar-refractivity contribution in [1.82, 2.24) is 0 Å². The van der Waals surface area contributed by atoms with Crippen molar-refractivity contribution in [1.29, 1.82) is 0 Å². The molecular weight excluding hydrogens is 364 g/mol. The van der Waals surface area contributed by atoms with Crippen molar-refractivity contribution in [3.63, 3.8) is 0 Å². The van der Waals surface area contributed by atoms with Gasteiger partial charge in [0.15, 0.2) is 0 Å². The fourth-order valence-electron chi connectivity index (χ4n) is 2.78. The van der Waals surface area contributed by atoms with Gasteiger partial charge in [-0.3, -0.25) is 9.59 Å². The highest BCUT2D eigenvalue weighted by molar-refractivity contribution is 8.13. The molecule has 0 saturated carbocycles. The van der Waals surface area contributed by atoms with Gasteiger partial charge >= 0.3 is 0 Å². The average Bonchev–Trinajstić information content (AvgIpc) is 2.56. The van der Waals surface area contributed by atoms with E-state index in [9.17, 15) is 14.7 Å². The molecule has 3 nitrogen and oxygen atoms in total. The lowest BCUT2D eigenvalue weighted by Gasteiger charge is -2.24. The zero-order chi connectivity index (χ0) is 19.6. The van der Waals surface area contributed by atoms with Gasteiger partial charge < -0.3 is 5.11 Å². The number of aryl methyl sites for hydroxylation is 1. The molecular formula is C21H24O3S2. The van der Waals surface area contributed by atoms with E-state index in [2.05, 4.69) is 33.4 Å². The second-order valence-electron chi connectivity index (χ2n) is 7.40. The van der Waals surface area contributed by atoms with Gasteiger partial charge in [-0.1, -0.05) is 38.6 Å². The van der Waals surface area contributed by atoms with Crippen LogP contribution < -0.4 is 0 Å². The quantitative estimate of drug-likeness (QED) is 0.684. The third kappa shape index (κ3) is 4.51. The summed E-state index contributed by atoms with van der Waals surface area (Å²) in [5, 5.41) is 10.2. The van der Waals surface area contributed by atoms with Gasteiger partial charge in [-0.2, -0.15) is 0 Å². The first-order chi connectivity index (χ1) is 12.0. The maximum atomic E-state index is 12.4. The minimum atomic E-state index is -0.322. The molecule has 0 bridgehead atoms. The predicted octanol–water partition coefficient (Wildman–Crippen LogP) is 5.45. The summed E-state index contributed by atoms with van der Waals surface area (Å²) in [5.74, 6) is 0.796. The second kappa shape index (κ2) is 7.89. The Morgan fingerprint density at radius 2 is 1.62 bits per heavy atom. The molecule has 0 saturated heterocycles. The minimum Gasteiger partial charge on any atom is -0.507 e. The molecule has 1 N–H and O–H groups in total. The van der Waals surface area contributed by atoms with E-state index in [1.807, 2.05) is 19.9 Å². The van der Waals surface area contributed by atoms with Crippen LogP contribution in [0, 0.1) is 13.8 Å². The third-order valence-corrected chi connectivity index (χ3v) is 5.61. The van der Waals surface area contributed by atoms with Crippen LogP contribution in [-0.2, 0) is 11.2 Å². The summed E-state index contributed by atoms with van der Waals surface area (Å²) in [6, 6.07) is 8.49. The van der Waals surface area contributed by atoms with Crippen LogP contribution in [-0.4, -0.2) is 15.3 Å². The molecule has 26 heavy (non-hydrogen) atoms. The minimum absolute atomic E-state index is 0.0682. The number of aromatic hydroxyl groups is 1. The fraction of sp³-hybridized carbons (Fsp3) is 0.333. The highest BCUT2D eigenvalue weighted by atomic mass is 32.2. The molecule has 0 aliphatic heterocycles. The number of thioether (sulfide) groups is 1. The maximum Gasteiger partial charge on any atom is 0.219 e. The molecule has 0 aliphatic carbocycles. The molecule has 2 aromatic rings. The van der Waals surface area contributed by atoms with E-state index in [1.165, 1.54) is 11.8 Å². The van der Waals surface area contributed by atoms with Crippen LogP contribution in [0.3, 0.4) is 0 Å². The number of benzene rings is 2. The summed E-state index contributed by atoms with van der Waals surface area (Å²) in [6.45, 7) is 10.1. The molecule has 2 aromatic carbocycles. The Balaban J connectivity index is 2.20. The Bertz CT molecular complexity index is 847. The summed E-state index contributed by atoms with van der Waals surface area (Å²) >= 11 is 4.96. The molecule has 0 unspecified atom stereocenters. The molecule has 0 aromatic heterocycles. The van der Waals surface area contributed by atoms with Crippen molar-refractivity contribution in [2.75, 3.05) is 0 Å². The third-order valence-electron chi connectivity index (χ3n) is 4.42. The van der Waals surface area contributed by atoms with Gasteiger partial charge in [0.1, 0.15) is 5.75 Å². The number of thiol groups is 1. The number of rotatable bonds is 4. The summed E-state index contributed by atoms with van der Waals surface area (Å²) in [4.78, 5) is 23.6. The van der Waals surface area contributed by atoms with Gasteiger partial charge in [-0.15, -0.1) is 12.6 Å². The SMILES string of the molecule is Cc1cc(C(C)(C)C)c(O)c(C)c1CSC(=O)c1ccc(C(=O)S)cc1.